The average molecular weight is 770 g/mol. The van der Waals surface area contributed by atoms with Crippen LogP contribution in [0.3, 0.4) is 0 Å². The Hall–Kier alpha value is -3.90. The Labute approximate surface area is 321 Å². The number of aromatic nitrogens is 1. The minimum absolute atomic E-state index is 0.00425. The van der Waals surface area contributed by atoms with Crippen LogP contribution in [0.25, 0.3) is 10.9 Å². The van der Waals surface area contributed by atoms with Crippen molar-refractivity contribution in [3.8, 4) is 0 Å². The third-order valence-corrected chi connectivity index (χ3v) is 12.2. The fraction of sp³-hybridized carbons (Fsp3) is 0.581. The van der Waals surface area contributed by atoms with Crippen molar-refractivity contribution in [2.45, 2.75) is 104 Å². The quantitative estimate of drug-likeness (QED) is 0.128. The molecule has 2 aliphatic rings. The number of amides is 1. The lowest BCUT2D eigenvalue weighted by molar-refractivity contribution is -0.138. The molecule has 12 heteroatoms. The maximum atomic E-state index is 14.9. The highest BCUT2D eigenvalue weighted by atomic mass is 19.4. The van der Waals surface area contributed by atoms with Gasteiger partial charge in [-0.2, -0.15) is 13.2 Å². The molecule has 1 aromatic heterocycles. The molecule has 2 aromatic carbocycles. The van der Waals surface area contributed by atoms with Crippen molar-refractivity contribution in [3.63, 3.8) is 0 Å². The third-order valence-electron chi connectivity index (χ3n) is 12.2. The van der Waals surface area contributed by atoms with E-state index in [1.165, 1.54) is 24.3 Å². The molecule has 1 amide bonds. The van der Waals surface area contributed by atoms with E-state index in [1.807, 2.05) is 27.7 Å². The molecular formula is C43H55F4N3O5. The molecule has 0 bridgehead atoms. The van der Waals surface area contributed by atoms with Crippen LogP contribution in [-0.4, -0.2) is 71.5 Å². The number of hydrogen-bond acceptors (Lipinski definition) is 6. The van der Waals surface area contributed by atoms with Gasteiger partial charge in [-0.05, 0) is 53.9 Å². The lowest BCUT2D eigenvalue weighted by Gasteiger charge is -2.39. The summed E-state index contributed by atoms with van der Waals surface area (Å²) in [7, 11) is 0. The number of ketones is 3. The van der Waals surface area contributed by atoms with E-state index in [-0.39, 0.29) is 91.1 Å². The van der Waals surface area contributed by atoms with Crippen LogP contribution in [-0.2, 0) is 49.4 Å². The number of carbonyl (C=O) groups is 4. The van der Waals surface area contributed by atoms with E-state index in [1.54, 1.807) is 12.1 Å². The first-order chi connectivity index (χ1) is 26.2. The van der Waals surface area contributed by atoms with Gasteiger partial charge >= 0.3 is 6.18 Å². The zero-order valence-electron chi connectivity index (χ0n) is 32.5. The van der Waals surface area contributed by atoms with Gasteiger partial charge in [0.15, 0.2) is 5.78 Å². The molecule has 55 heavy (non-hydrogen) atoms. The number of nitrogens with one attached hydrogen (secondary N) is 2. The van der Waals surface area contributed by atoms with Gasteiger partial charge in [0.2, 0.25) is 5.91 Å². The molecule has 1 fully saturated rings. The summed E-state index contributed by atoms with van der Waals surface area (Å²) in [6.07, 6.45) is -2.83. The van der Waals surface area contributed by atoms with E-state index in [9.17, 15) is 36.7 Å². The minimum atomic E-state index is -4.61. The summed E-state index contributed by atoms with van der Waals surface area (Å²) < 4.78 is 62.2. The summed E-state index contributed by atoms with van der Waals surface area (Å²) in [5, 5.41) is 3.44. The number of para-hydroxylation sites is 1. The van der Waals surface area contributed by atoms with Crippen molar-refractivity contribution in [3.05, 3.63) is 70.7 Å². The number of hydrogen-bond donors (Lipinski definition) is 2. The number of benzene rings is 2. The van der Waals surface area contributed by atoms with Crippen molar-refractivity contribution in [1.82, 2.24) is 15.2 Å². The van der Waals surface area contributed by atoms with Crippen LogP contribution in [0.4, 0.5) is 17.6 Å². The number of carbonyl (C=O) groups excluding carboxylic acids is 4. The zero-order chi connectivity index (χ0) is 39.9. The van der Waals surface area contributed by atoms with E-state index in [4.69, 9.17) is 4.74 Å². The summed E-state index contributed by atoms with van der Waals surface area (Å²) in [6.45, 7) is 11.1. The van der Waals surface area contributed by atoms with Crippen LogP contribution < -0.4 is 5.32 Å². The van der Waals surface area contributed by atoms with Gasteiger partial charge in [-0.1, -0.05) is 70.9 Å². The van der Waals surface area contributed by atoms with Crippen molar-refractivity contribution in [1.29, 1.82) is 0 Å². The lowest BCUT2D eigenvalue weighted by atomic mass is 9.72. The Balaban J connectivity index is 1.45. The molecule has 1 saturated heterocycles. The lowest BCUT2D eigenvalue weighted by Crippen LogP contribution is -2.60. The number of morpholine rings is 1. The van der Waals surface area contributed by atoms with E-state index < -0.39 is 34.9 Å². The number of aromatic amines is 1. The minimum Gasteiger partial charge on any atom is -0.379 e. The van der Waals surface area contributed by atoms with Gasteiger partial charge in [0.1, 0.15) is 22.9 Å². The molecule has 0 spiro atoms. The second kappa shape index (κ2) is 18.4. The predicted octanol–water partition coefficient (Wildman–Crippen LogP) is 7.84. The van der Waals surface area contributed by atoms with Crippen molar-refractivity contribution < 1.29 is 41.5 Å². The van der Waals surface area contributed by atoms with Gasteiger partial charge in [-0.25, -0.2) is 4.39 Å². The first-order valence-corrected chi connectivity index (χ1v) is 19.8. The number of H-pyrrole nitrogens is 1. The maximum absolute atomic E-state index is 14.9. The van der Waals surface area contributed by atoms with Gasteiger partial charge in [0.25, 0.3) is 0 Å². The normalized spacial score (nSPS) is 20.0. The molecule has 8 nitrogen and oxygen atoms in total. The van der Waals surface area contributed by atoms with E-state index >= 15 is 0 Å². The number of fused-ring (bicyclic) bond motifs is 3. The third kappa shape index (κ3) is 10.3. The van der Waals surface area contributed by atoms with Gasteiger partial charge in [-0.15, -0.1) is 0 Å². The van der Waals surface area contributed by atoms with Gasteiger partial charge < -0.3 is 15.0 Å². The van der Waals surface area contributed by atoms with Crippen LogP contribution in [0.1, 0.15) is 95.0 Å². The van der Waals surface area contributed by atoms with Gasteiger partial charge in [0.05, 0.1) is 24.3 Å². The van der Waals surface area contributed by atoms with Gasteiger partial charge in [-0.3, -0.25) is 24.1 Å². The van der Waals surface area contributed by atoms with E-state index in [0.29, 0.717) is 49.2 Å². The average Bonchev–Trinajstić information content (AvgIpc) is 3.53. The maximum Gasteiger partial charge on any atom is 0.418 e. The van der Waals surface area contributed by atoms with Crippen molar-refractivity contribution >= 4 is 34.2 Å². The highest BCUT2D eigenvalue weighted by Crippen LogP contribution is 2.41. The molecular weight excluding hydrogens is 714 g/mol. The van der Waals surface area contributed by atoms with Crippen LogP contribution in [0.5, 0.6) is 0 Å². The van der Waals surface area contributed by atoms with E-state index in [0.717, 1.165) is 25.6 Å². The summed E-state index contributed by atoms with van der Waals surface area (Å²) >= 11 is 0. The molecule has 300 valence electrons. The summed E-state index contributed by atoms with van der Waals surface area (Å²) in [5.74, 6) is -2.95. The Morgan fingerprint density at radius 1 is 0.927 bits per heavy atom. The number of Topliss-reactive ketones (excluding diaryl/α,β-unsaturated/α-hetero) is 3. The fourth-order valence-corrected chi connectivity index (χ4v) is 8.20. The van der Waals surface area contributed by atoms with Crippen molar-refractivity contribution in [2.75, 3.05) is 32.8 Å². The highest BCUT2D eigenvalue weighted by molar-refractivity contribution is 5.97. The summed E-state index contributed by atoms with van der Waals surface area (Å²) in [5.41, 5.74) is -1.00. The van der Waals surface area contributed by atoms with Gasteiger partial charge in [0, 0.05) is 75.2 Å². The summed E-state index contributed by atoms with van der Waals surface area (Å²) in [6, 6.07) is 9.95. The van der Waals surface area contributed by atoms with Crippen LogP contribution >= 0.6 is 0 Å². The molecule has 2 heterocycles. The molecule has 5 rings (SSSR count). The van der Waals surface area contributed by atoms with Crippen LogP contribution in [0, 0.1) is 29.5 Å². The Bertz CT molecular complexity index is 1830. The molecule has 2 unspecified atom stereocenters. The molecule has 1 aliphatic heterocycles. The second-order valence-electron chi connectivity index (χ2n) is 15.8. The van der Waals surface area contributed by atoms with Crippen LogP contribution in [0.2, 0.25) is 0 Å². The molecule has 0 saturated carbocycles. The van der Waals surface area contributed by atoms with Crippen LogP contribution in [0.15, 0.2) is 42.5 Å². The number of halogens is 4. The molecule has 2 N–H and O–H groups in total. The summed E-state index contributed by atoms with van der Waals surface area (Å²) in [4.78, 5) is 61.2. The molecule has 5 atom stereocenters. The van der Waals surface area contributed by atoms with E-state index in [2.05, 4.69) is 15.2 Å². The first kappa shape index (κ1) is 42.2. The first-order valence-electron chi connectivity index (χ1n) is 19.8. The number of aryl methyl sites for hydroxylation is 1. The zero-order valence-corrected chi connectivity index (χ0v) is 32.5. The topological polar surface area (TPSA) is 109 Å². The largest absolute Gasteiger partial charge is 0.418 e. The molecule has 1 aliphatic carbocycles. The van der Waals surface area contributed by atoms with Crippen molar-refractivity contribution in [2.24, 2.45) is 23.7 Å². The number of nitrogens with zero attached hydrogens (tertiary/aromatic N) is 1. The molecule has 3 aromatic rings. The highest BCUT2D eigenvalue weighted by Gasteiger charge is 2.46. The second-order valence-corrected chi connectivity index (χ2v) is 15.8. The Kier molecular flexibility index (Phi) is 14.1. The predicted molar refractivity (Wildman–Crippen MR) is 203 cm³/mol. The number of rotatable bonds is 18. The fourth-order valence-electron chi connectivity index (χ4n) is 8.20. The Morgan fingerprint density at radius 3 is 2.31 bits per heavy atom. The Morgan fingerprint density at radius 2 is 1.64 bits per heavy atom. The standard InChI is InChI=1S/C43H55F4N3O5/c1-5-27(3)30(23-31(51)15-17-50-18-20-55-21-19-50)24-39(53)42(16-14-38-35(26-42)33-11-9-12-36(40(33)48-38)43(45,46)47)49-41(54)34(28(4)6-2)25-32(52)22-29-10-7-8-13-37(29)44/h7-13,27-28,30,34,48H,5-6,14-26H2,1-4H3,(H,49,54)/t27?,28?,30-,34-,42+/m0/s1. The number of ether oxygens (including phenoxy) is 1. The SMILES string of the molecule is CCC(C)[C@@H](CC(=O)CCN1CCOCC1)CC(=O)[C@@]1(NC(=O)[C@@H](CC(=O)Cc2ccccc2F)C(C)CC)CCc2[nH]c3c(C(F)(F)F)cccc3c2C1. The number of alkyl halides is 3. The molecule has 0 radical (unpaired) electrons. The monoisotopic (exact) mass is 769 g/mol. The smallest absolute Gasteiger partial charge is 0.379 e.